The summed E-state index contributed by atoms with van der Waals surface area (Å²) in [5, 5.41) is 0.680. The number of rotatable bonds is 5. The molecule has 0 aliphatic rings. The Bertz CT molecular complexity index is 246. The average Bonchev–Trinajstić information content (AvgIpc) is 2.45. The molecule has 2 nitrogen and oxygen atoms in total. The molecule has 2 N–H and O–H groups in total. The molecule has 0 bridgehead atoms. The van der Waals surface area contributed by atoms with Crippen molar-refractivity contribution < 1.29 is 0 Å². The summed E-state index contributed by atoms with van der Waals surface area (Å²) < 4.78 is 0. The van der Waals surface area contributed by atoms with E-state index in [0.717, 1.165) is 11.7 Å². The molecule has 0 saturated carbocycles. The van der Waals surface area contributed by atoms with Crippen LogP contribution in [0.15, 0.2) is 6.20 Å². The van der Waals surface area contributed by atoms with E-state index in [2.05, 4.69) is 18.8 Å². The van der Waals surface area contributed by atoms with Gasteiger partial charge in [-0.25, -0.2) is 4.98 Å². The number of nitrogen functional groups attached to an aromatic ring is 1. The molecule has 0 amide bonds. The van der Waals surface area contributed by atoms with Gasteiger partial charge in [0, 0.05) is 16.8 Å². The van der Waals surface area contributed by atoms with Gasteiger partial charge in [-0.1, -0.05) is 13.8 Å². The summed E-state index contributed by atoms with van der Waals surface area (Å²) in [7, 11) is 0. The molecule has 0 fully saturated rings. The van der Waals surface area contributed by atoms with Crippen LogP contribution in [0.25, 0.3) is 0 Å². The molecule has 0 aliphatic heterocycles. The van der Waals surface area contributed by atoms with Crippen LogP contribution in [0.5, 0.6) is 0 Å². The summed E-state index contributed by atoms with van der Waals surface area (Å²) in [5.74, 6) is 3.09. The van der Waals surface area contributed by atoms with Crippen molar-refractivity contribution in [3.8, 4) is 0 Å². The lowest BCUT2D eigenvalue weighted by Gasteiger charge is -2.02. The predicted molar refractivity (Wildman–Crippen MR) is 62.1 cm³/mol. The Morgan fingerprint density at radius 2 is 2.38 bits per heavy atom. The van der Waals surface area contributed by atoms with Crippen LogP contribution in [-0.2, 0) is 5.75 Å². The first-order chi connectivity index (χ1) is 6.18. The third kappa shape index (κ3) is 4.52. The zero-order chi connectivity index (χ0) is 9.68. The predicted octanol–water partition coefficient (Wildman–Crippen LogP) is 3.00. The highest BCUT2D eigenvalue weighted by Gasteiger charge is 1.99. The van der Waals surface area contributed by atoms with Gasteiger partial charge in [-0.3, -0.25) is 0 Å². The molecular formula is C9H16N2S2. The Balaban J connectivity index is 2.13. The van der Waals surface area contributed by atoms with Crippen LogP contribution in [0.4, 0.5) is 5.13 Å². The number of hydrogen-bond acceptors (Lipinski definition) is 4. The van der Waals surface area contributed by atoms with E-state index < -0.39 is 0 Å². The Morgan fingerprint density at radius 1 is 1.62 bits per heavy atom. The summed E-state index contributed by atoms with van der Waals surface area (Å²) >= 11 is 3.56. The van der Waals surface area contributed by atoms with Gasteiger partial charge in [0.2, 0.25) is 0 Å². The first-order valence-corrected chi connectivity index (χ1v) is 6.43. The molecule has 0 spiro atoms. The topological polar surface area (TPSA) is 38.9 Å². The largest absolute Gasteiger partial charge is 0.375 e. The molecule has 1 rings (SSSR count). The minimum absolute atomic E-state index is 0.680. The lowest BCUT2D eigenvalue weighted by atomic mass is 10.2. The highest BCUT2D eigenvalue weighted by Crippen LogP contribution is 2.21. The second-order valence-corrected chi connectivity index (χ2v) is 5.65. The lowest BCUT2D eigenvalue weighted by molar-refractivity contribution is 0.632. The quantitative estimate of drug-likeness (QED) is 0.769. The molecule has 0 radical (unpaired) electrons. The van der Waals surface area contributed by atoms with Gasteiger partial charge in [-0.15, -0.1) is 11.3 Å². The Hall–Kier alpha value is -0.220. The number of nitrogens with zero attached hydrogens (tertiary/aromatic N) is 1. The van der Waals surface area contributed by atoms with Crippen molar-refractivity contribution in [3.63, 3.8) is 0 Å². The number of aromatic nitrogens is 1. The molecule has 1 aromatic heterocycles. The number of nitrogens with two attached hydrogens (primary N) is 1. The van der Waals surface area contributed by atoms with Crippen LogP contribution < -0.4 is 5.73 Å². The minimum atomic E-state index is 0.680. The SMILES string of the molecule is CC(C)CCSCc1cnc(N)s1. The molecule has 0 aromatic carbocycles. The van der Waals surface area contributed by atoms with Gasteiger partial charge < -0.3 is 5.73 Å². The highest BCUT2D eigenvalue weighted by atomic mass is 32.2. The van der Waals surface area contributed by atoms with Crippen molar-refractivity contribution in [1.82, 2.24) is 4.98 Å². The Kier molecular flexibility index (Phi) is 4.59. The van der Waals surface area contributed by atoms with Gasteiger partial charge in [0.15, 0.2) is 5.13 Å². The van der Waals surface area contributed by atoms with E-state index >= 15 is 0 Å². The molecular weight excluding hydrogens is 200 g/mol. The van der Waals surface area contributed by atoms with Crippen LogP contribution in [0, 0.1) is 5.92 Å². The maximum atomic E-state index is 5.53. The Labute approximate surface area is 87.9 Å². The van der Waals surface area contributed by atoms with E-state index in [-0.39, 0.29) is 0 Å². The number of anilines is 1. The van der Waals surface area contributed by atoms with Crippen molar-refractivity contribution in [2.45, 2.75) is 26.0 Å². The highest BCUT2D eigenvalue weighted by molar-refractivity contribution is 7.98. The van der Waals surface area contributed by atoms with Crippen LogP contribution in [0.3, 0.4) is 0 Å². The zero-order valence-electron chi connectivity index (χ0n) is 8.12. The van der Waals surface area contributed by atoms with Gasteiger partial charge in [0.1, 0.15) is 0 Å². The van der Waals surface area contributed by atoms with Crippen molar-refractivity contribution >= 4 is 28.2 Å². The molecule has 13 heavy (non-hydrogen) atoms. The normalized spacial score (nSPS) is 11.0. The fourth-order valence-corrected chi connectivity index (χ4v) is 2.90. The van der Waals surface area contributed by atoms with Gasteiger partial charge in [0.05, 0.1) is 0 Å². The molecule has 0 unspecified atom stereocenters. The van der Waals surface area contributed by atoms with E-state index in [1.54, 1.807) is 11.3 Å². The fourth-order valence-electron chi connectivity index (χ4n) is 0.881. The van der Waals surface area contributed by atoms with Gasteiger partial charge in [-0.05, 0) is 18.1 Å². The molecule has 1 aromatic rings. The second kappa shape index (κ2) is 5.50. The summed E-state index contributed by atoms with van der Waals surface area (Å²) in [4.78, 5) is 5.30. The van der Waals surface area contributed by atoms with Gasteiger partial charge in [-0.2, -0.15) is 11.8 Å². The lowest BCUT2D eigenvalue weighted by Crippen LogP contribution is -1.89. The maximum absolute atomic E-state index is 5.53. The van der Waals surface area contributed by atoms with Gasteiger partial charge >= 0.3 is 0 Å². The third-order valence-electron chi connectivity index (χ3n) is 1.66. The van der Waals surface area contributed by atoms with Crippen LogP contribution in [-0.4, -0.2) is 10.7 Å². The van der Waals surface area contributed by atoms with Crippen LogP contribution in [0.2, 0.25) is 0 Å². The number of thiazole rings is 1. The van der Waals surface area contributed by atoms with Crippen molar-refractivity contribution in [3.05, 3.63) is 11.1 Å². The average molecular weight is 216 g/mol. The van der Waals surface area contributed by atoms with E-state index in [4.69, 9.17) is 5.73 Å². The van der Waals surface area contributed by atoms with E-state index in [1.165, 1.54) is 17.1 Å². The molecule has 0 saturated heterocycles. The van der Waals surface area contributed by atoms with Crippen LogP contribution in [0.1, 0.15) is 25.1 Å². The number of hydrogen-bond donors (Lipinski definition) is 1. The third-order valence-corrected chi connectivity index (χ3v) is 3.70. The van der Waals surface area contributed by atoms with Crippen molar-refractivity contribution in [1.29, 1.82) is 0 Å². The summed E-state index contributed by atoms with van der Waals surface area (Å²) in [6.45, 7) is 4.51. The molecule has 74 valence electrons. The standard InChI is InChI=1S/C9H16N2S2/c1-7(2)3-4-12-6-8-5-11-9(10)13-8/h5,7H,3-4,6H2,1-2H3,(H2,10,11). The van der Waals surface area contributed by atoms with Crippen molar-refractivity contribution in [2.75, 3.05) is 11.5 Å². The monoisotopic (exact) mass is 216 g/mol. The smallest absolute Gasteiger partial charge is 0.180 e. The zero-order valence-corrected chi connectivity index (χ0v) is 9.75. The molecule has 4 heteroatoms. The molecule has 0 aliphatic carbocycles. The number of thioether (sulfide) groups is 1. The van der Waals surface area contributed by atoms with Crippen molar-refractivity contribution in [2.24, 2.45) is 5.92 Å². The first-order valence-electron chi connectivity index (χ1n) is 4.46. The first kappa shape index (κ1) is 10.9. The maximum Gasteiger partial charge on any atom is 0.180 e. The van der Waals surface area contributed by atoms with E-state index in [1.807, 2.05) is 18.0 Å². The van der Waals surface area contributed by atoms with Crippen LogP contribution >= 0.6 is 23.1 Å². The summed E-state index contributed by atoms with van der Waals surface area (Å²) in [6, 6.07) is 0. The fraction of sp³-hybridized carbons (Fsp3) is 0.667. The Morgan fingerprint density at radius 3 is 2.92 bits per heavy atom. The van der Waals surface area contributed by atoms with E-state index in [9.17, 15) is 0 Å². The minimum Gasteiger partial charge on any atom is -0.375 e. The summed E-state index contributed by atoms with van der Waals surface area (Å²) in [5.41, 5.74) is 5.53. The van der Waals surface area contributed by atoms with Gasteiger partial charge in [0.25, 0.3) is 0 Å². The molecule has 0 atom stereocenters. The second-order valence-electron chi connectivity index (χ2n) is 3.40. The summed E-state index contributed by atoms with van der Waals surface area (Å²) in [6.07, 6.45) is 3.17. The van der Waals surface area contributed by atoms with E-state index in [0.29, 0.717) is 5.13 Å². The molecule has 1 heterocycles.